The number of carbonyl (C=O) groups is 1. The Morgan fingerprint density at radius 1 is 1.38 bits per heavy atom. The molecule has 3 fully saturated rings. The molecule has 0 bridgehead atoms. The van der Waals surface area contributed by atoms with Gasteiger partial charge in [0.25, 0.3) is 0 Å². The summed E-state index contributed by atoms with van der Waals surface area (Å²) in [5.41, 5.74) is 5.15. The summed E-state index contributed by atoms with van der Waals surface area (Å²) < 4.78 is 30.2. The molecule has 5 rings (SSSR count). The van der Waals surface area contributed by atoms with Gasteiger partial charge in [-0.1, -0.05) is 11.6 Å². The largest absolute Gasteiger partial charge is 0.477 e. The second-order valence-electron chi connectivity index (χ2n) is 8.17. The Bertz CT molecular complexity index is 1100. The summed E-state index contributed by atoms with van der Waals surface area (Å²) in [5.74, 6) is -2.15. The molecule has 1 aliphatic heterocycles. The SMILES string of the molecule is NC1CN(c2c(F)cc3c(=O)c(C(=O)O)cn(C4CC4F)c3c2Cl)CC12CC2.O. The summed E-state index contributed by atoms with van der Waals surface area (Å²) in [5, 5.41) is 9.16. The first-order valence-electron chi connectivity index (χ1n) is 9.18. The number of halogens is 3. The number of alkyl halides is 1. The highest BCUT2D eigenvalue weighted by molar-refractivity contribution is 6.38. The molecule has 1 aromatic carbocycles. The highest BCUT2D eigenvalue weighted by Crippen LogP contribution is 2.54. The Morgan fingerprint density at radius 3 is 2.55 bits per heavy atom. The van der Waals surface area contributed by atoms with Crippen molar-refractivity contribution in [3.63, 3.8) is 0 Å². The molecule has 3 aliphatic rings. The third-order valence-electron chi connectivity index (χ3n) is 6.37. The quantitative estimate of drug-likeness (QED) is 0.774. The van der Waals surface area contributed by atoms with Gasteiger partial charge in [0.2, 0.25) is 5.43 Å². The van der Waals surface area contributed by atoms with Crippen molar-refractivity contribution in [2.24, 2.45) is 11.1 Å². The van der Waals surface area contributed by atoms with E-state index in [-0.39, 0.29) is 45.0 Å². The summed E-state index contributed by atoms with van der Waals surface area (Å²) in [6, 6.07) is 0.308. The number of hydrogen-bond acceptors (Lipinski definition) is 4. The van der Waals surface area contributed by atoms with Crippen LogP contribution in [0.2, 0.25) is 5.02 Å². The van der Waals surface area contributed by atoms with Crippen molar-refractivity contribution in [3.8, 4) is 0 Å². The minimum Gasteiger partial charge on any atom is -0.477 e. The molecule has 29 heavy (non-hydrogen) atoms. The Kier molecular flexibility index (Phi) is 4.42. The zero-order valence-corrected chi connectivity index (χ0v) is 16.0. The topological polar surface area (TPSA) is 120 Å². The molecular weight excluding hydrogens is 408 g/mol. The zero-order valence-electron chi connectivity index (χ0n) is 15.3. The van der Waals surface area contributed by atoms with Gasteiger partial charge in [0.15, 0.2) is 0 Å². The Hall–Kier alpha value is -2.23. The van der Waals surface area contributed by atoms with Gasteiger partial charge in [-0.15, -0.1) is 0 Å². The monoisotopic (exact) mass is 427 g/mol. The number of nitrogens with two attached hydrogens (primary N) is 1. The van der Waals surface area contributed by atoms with Gasteiger partial charge in [0, 0.05) is 37.2 Å². The van der Waals surface area contributed by atoms with E-state index in [1.54, 1.807) is 4.90 Å². The summed E-state index contributed by atoms with van der Waals surface area (Å²) >= 11 is 6.56. The zero-order chi connectivity index (χ0) is 20.0. The minimum atomic E-state index is -1.45. The molecule has 2 aromatic rings. The molecule has 7 nitrogen and oxygen atoms in total. The predicted molar refractivity (Wildman–Crippen MR) is 104 cm³/mol. The third-order valence-corrected chi connectivity index (χ3v) is 6.73. The molecule has 5 N–H and O–H groups in total. The highest BCUT2D eigenvalue weighted by atomic mass is 35.5. The molecule has 1 aromatic heterocycles. The van der Waals surface area contributed by atoms with Crippen molar-refractivity contribution in [2.45, 2.75) is 37.5 Å². The molecule has 2 heterocycles. The first-order valence-corrected chi connectivity index (χ1v) is 9.56. The number of carboxylic acids is 1. The number of anilines is 1. The lowest BCUT2D eigenvalue weighted by Crippen LogP contribution is -2.30. The van der Waals surface area contributed by atoms with Crippen LogP contribution in [-0.2, 0) is 0 Å². The van der Waals surface area contributed by atoms with Crippen LogP contribution in [0, 0.1) is 11.2 Å². The molecule has 156 valence electrons. The predicted octanol–water partition coefficient (Wildman–Crippen LogP) is 1.88. The number of rotatable bonds is 3. The van der Waals surface area contributed by atoms with Crippen LogP contribution in [0.1, 0.15) is 35.7 Å². The summed E-state index contributed by atoms with van der Waals surface area (Å²) in [6.45, 7) is 1.01. The number of pyridine rings is 1. The maximum Gasteiger partial charge on any atom is 0.341 e. The van der Waals surface area contributed by atoms with E-state index in [9.17, 15) is 19.1 Å². The average Bonchev–Trinajstić information content (AvgIpc) is 3.51. The number of fused-ring (bicyclic) bond motifs is 1. The van der Waals surface area contributed by atoms with Crippen LogP contribution in [-0.4, -0.2) is 46.4 Å². The maximum absolute atomic E-state index is 15.0. The van der Waals surface area contributed by atoms with Crippen molar-refractivity contribution < 1.29 is 24.2 Å². The summed E-state index contributed by atoms with van der Waals surface area (Å²) in [4.78, 5) is 25.8. The van der Waals surface area contributed by atoms with E-state index in [0.717, 1.165) is 25.1 Å². The second kappa shape index (κ2) is 6.38. The summed E-state index contributed by atoms with van der Waals surface area (Å²) in [7, 11) is 0. The first-order chi connectivity index (χ1) is 13.2. The molecule has 2 aliphatic carbocycles. The van der Waals surface area contributed by atoms with Crippen molar-refractivity contribution in [1.29, 1.82) is 0 Å². The van der Waals surface area contributed by atoms with Crippen LogP contribution in [0.3, 0.4) is 0 Å². The number of hydrogen-bond donors (Lipinski definition) is 2. The number of aromatic carboxylic acids is 1. The first kappa shape index (κ1) is 20.1. The molecule has 3 atom stereocenters. The van der Waals surface area contributed by atoms with Gasteiger partial charge in [-0.3, -0.25) is 4.79 Å². The number of aromatic nitrogens is 1. The fraction of sp³-hybridized carbons (Fsp3) is 0.474. The normalized spacial score (nSPS) is 26.6. The standard InChI is InChI=1S/C19H18ClF2N3O3.H2O/c20-14-15-8(17(26)9(18(27)28)5-25(15)12-4-10(12)21)3-11(22)16(14)24-6-13(23)19(7-24)1-2-19;/h3,5,10,12-13H,1-2,4,6-7,23H2,(H,27,28);1H2. The highest BCUT2D eigenvalue weighted by Gasteiger charge is 2.54. The lowest BCUT2D eigenvalue weighted by atomic mass is 10.0. The lowest BCUT2D eigenvalue weighted by Gasteiger charge is -2.23. The molecule has 1 spiro atoms. The van der Waals surface area contributed by atoms with Gasteiger partial charge in [0.05, 0.1) is 27.7 Å². The van der Waals surface area contributed by atoms with Gasteiger partial charge < -0.3 is 25.8 Å². The molecule has 0 radical (unpaired) electrons. The van der Waals surface area contributed by atoms with Crippen LogP contribution in [0.15, 0.2) is 17.1 Å². The van der Waals surface area contributed by atoms with Crippen molar-refractivity contribution >= 4 is 34.2 Å². The van der Waals surface area contributed by atoms with Crippen molar-refractivity contribution in [2.75, 3.05) is 18.0 Å². The molecule has 10 heteroatoms. The van der Waals surface area contributed by atoms with E-state index in [4.69, 9.17) is 17.3 Å². The van der Waals surface area contributed by atoms with Crippen LogP contribution >= 0.6 is 11.6 Å². The summed E-state index contributed by atoms with van der Waals surface area (Å²) in [6.07, 6.45) is 2.11. The molecule has 1 saturated heterocycles. The van der Waals surface area contributed by atoms with Crippen LogP contribution in [0.25, 0.3) is 10.9 Å². The third kappa shape index (κ3) is 2.83. The second-order valence-corrected chi connectivity index (χ2v) is 8.55. The fourth-order valence-corrected chi connectivity index (χ4v) is 4.84. The van der Waals surface area contributed by atoms with Crippen LogP contribution in [0.4, 0.5) is 14.5 Å². The molecular formula is C19H20ClF2N3O4. The number of nitrogens with zero attached hydrogens (tertiary/aromatic N) is 2. The minimum absolute atomic E-state index is 0. The van der Waals surface area contributed by atoms with E-state index in [1.165, 1.54) is 4.57 Å². The van der Waals surface area contributed by atoms with E-state index in [2.05, 4.69) is 0 Å². The fourth-order valence-electron chi connectivity index (χ4n) is 4.43. The maximum atomic E-state index is 15.0. The van der Waals surface area contributed by atoms with E-state index < -0.39 is 35.0 Å². The van der Waals surface area contributed by atoms with Gasteiger partial charge in [-0.2, -0.15) is 0 Å². The Morgan fingerprint density at radius 2 is 2.03 bits per heavy atom. The van der Waals surface area contributed by atoms with Gasteiger partial charge in [0.1, 0.15) is 17.6 Å². The molecule has 3 unspecified atom stereocenters. The molecule has 0 amide bonds. The van der Waals surface area contributed by atoms with E-state index >= 15 is 4.39 Å². The Labute approximate surface area is 169 Å². The van der Waals surface area contributed by atoms with E-state index in [0.29, 0.717) is 13.1 Å². The average molecular weight is 428 g/mol. The van der Waals surface area contributed by atoms with Crippen molar-refractivity contribution in [1.82, 2.24) is 4.57 Å². The van der Waals surface area contributed by atoms with E-state index in [1.807, 2.05) is 0 Å². The van der Waals surface area contributed by atoms with Gasteiger partial charge >= 0.3 is 5.97 Å². The van der Waals surface area contributed by atoms with Crippen LogP contribution < -0.4 is 16.1 Å². The number of benzene rings is 1. The van der Waals surface area contributed by atoms with Gasteiger partial charge in [-0.05, 0) is 18.9 Å². The lowest BCUT2D eigenvalue weighted by molar-refractivity contribution is 0.0694. The van der Waals surface area contributed by atoms with Crippen molar-refractivity contribution in [3.05, 3.63) is 38.9 Å². The number of carboxylic acid groups (broad SMARTS) is 1. The van der Waals surface area contributed by atoms with Gasteiger partial charge in [-0.25, -0.2) is 13.6 Å². The smallest absolute Gasteiger partial charge is 0.341 e. The van der Waals surface area contributed by atoms with Crippen LogP contribution in [0.5, 0.6) is 0 Å². The molecule has 2 saturated carbocycles. The Balaban J connectivity index is 0.00000205.